The second kappa shape index (κ2) is 9.26. The van der Waals surface area contributed by atoms with E-state index in [2.05, 4.69) is 15.5 Å². The number of unbranched alkanes of at least 4 members (excludes halogenated alkanes) is 1. The lowest BCUT2D eigenvalue weighted by Gasteiger charge is -2.13. The Kier molecular flexibility index (Phi) is 7.90. The molecule has 0 atom stereocenters. The summed E-state index contributed by atoms with van der Waals surface area (Å²) in [5.74, 6) is 0.967. The Morgan fingerprint density at radius 1 is 1.22 bits per heavy atom. The van der Waals surface area contributed by atoms with Gasteiger partial charge in [0.15, 0.2) is 6.29 Å². The molecule has 0 radical (unpaired) electrons. The van der Waals surface area contributed by atoms with Crippen molar-refractivity contribution in [2.24, 2.45) is 0 Å². The first-order valence-electron chi connectivity index (χ1n) is 5.75. The monoisotopic (exact) mass is 276 g/mol. The molecule has 0 amide bonds. The first kappa shape index (κ1) is 15.4. The first-order valence-corrected chi connectivity index (χ1v) is 6.73. The lowest BCUT2D eigenvalue weighted by molar-refractivity contribution is -0.113. The van der Waals surface area contributed by atoms with Crippen LogP contribution in [0.15, 0.2) is 5.16 Å². The molecule has 0 aliphatic carbocycles. The van der Waals surface area contributed by atoms with E-state index in [1.165, 1.54) is 0 Å². The van der Waals surface area contributed by atoms with E-state index in [1.807, 2.05) is 0 Å². The number of hydrogen-bond donors (Lipinski definition) is 0. The second-order valence-electron chi connectivity index (χ2n) is 3.59. The van der Waals surface area contributed by atoms with Crippen LogP contribution in [0, 0.1) is 0 Å². The third kappa shape index (κ3) is 5.30. The molecule has 8 heteroatoms. The maximum Gasteiger partial charge on any atom is 0.209 e. The van der Waals surface area contributed by atoms with Crippen molar-refractivity contribution in [3.8, 4) is 0 Å². The average Bonchev–Trinajstić information content (AvgIpc) is 2.83. The highest BCUT2D eigenvalue weighted by Crippen LogP contribution is 2.16. The molecular weight excluding hydrogens is 256 g/mol. The molecule has 7 nitrogen and oxygen atoms in total. The van der Waals surface area contributed by atoms with E-state index < -0.39 is 0 Å². The number of ether oxygens (including phenoxy) is 3. The zero-order valence-electron chi connectivity index (χ0n) is 11.0. The third-order valence-corrected chi connectivity index (χ3v) is 3.36. The average molecular weight is 276 g/mol. The van der Waals surface area contributed by atoms with Crippen LogP contribution in [-0.4, -0.2) is 60.2 Å². The zero-order chi connectivity index (χ0) is 13.2. The van der Waals surface area contributed by atoms with Crippen LogP contribution in [0.1, 0.15) is 12.8 Å². The summed E-state index contributed by atoms with van der Waals surface area (Å²) in [7, 11) is 4.90. The fraction of sp³-hybridized carbons (Fsp3) is 0.900. The minimum atomic E-state index is -0.332. The van der Waals surface area contributed by atoms with Gasteiger partial charge in [-0.1, -0.05) is 11.8 Å². The van der Waals surface area contributed by atoms with E-state index in [-0.39, 0.29) is 6.29 Å². The predicted molar refractivity (Wildman–Crippen MR) is 67.5 cm³/mol. The fourth-order valence-corrected chi connectivity index (χ4v) is 2.20. The summed E-state index contributed by atoms with van der Waals surface area (Å²) in [5, 5.41) is 12.3. The highest BCUT2D eigenvalue weighted by atomic mass is 32.2. The lowest BCUT2D eigenvalue weighted by atomic mass is 10.4. The molecule has 0 spiro atoms. The fourth-order valence-electron chi connectivity index (χ4n) is 1.31. The summed E-state index contributed by atoms with van der Waals surface area (Å²) in [6.45, 7) is 1.28. The Morgan fingerprint density at radius 2 is 2.00 bits per heavy atom. The van der Waals surface area contributed by atoms with E-state index in [9.17, 15) is 0 Å². The Morgan fingerprint density at radius 3 is 2.67 bits per heavy atom. The van der Waals surface area contributed by atoms with Crippen molar-refractivity contribution in [3.05, 3.63) is 0 Å². The third-order valence-electron chi connectivity index (χ3n) is 2.32. The van der Waals surface area contributed by atoms with Crippen LogP contribution < -0.4 is 0 Å². The number of nitrogens with zero attached hydrogens (tertiary/aromatic N) is 4. The molecule has 18 heavy (non-hydrogen) atoms. The predicted octanol–water partition coefficient (Wildman–Crippen LogP) is 0.811. The van der Waals surface area contributed by atoms with Crippen molar-refractivity contribution >= 4 is 11.8 Å². The molecule has 0 saturated carbocycles. The molecule has 0 bridgehead atoms. The smallest absolute Gasteiger partial charge is 0.209 e. The number of thioether (sulfide) groups is 1. The number of hydrogen-bond acceptors (Lipinski definition) is 7. The Hall–Kier alpha value is -0.700. The van der Waals surface area contributed by atoms with Gasteiger partial charge < -0.3 is 14.2 Å². The number of methoxy groups -OCH3 is 3. The van der Waals surface area contributed by atoms with E-state index >= 15 is 0 Å². The van der Waals surface area contributed by atoms with Gasteiger partial charge in [0.05, 0.1) is 6.54 Å². The molecule has 0 unspecified atom stereocenters. The van der Waals surface area contributed by atoms with E-state index in [0.717, 1.165) is 30.4 Å². The van der Waals surface area contributed by atoms with Gasteiger partial charge in [-0.15, -0.1) is 5.10 Å². The van der Waals surface area contributed by atoms with E-state index in [1.54, 1.807) is 37.8 Å². The summed E-state index contributed by atoms with van der Waals surface area (Å²) in [4.78, 5) is 0. The minimum absolute atomic E-state index is 0.332. The van der Waals surface area contributed by atoms with Crippen LogP contribution in [0.25, 0.3) is 0 Å². The van der Waals surface area contributed by atoms with Crippen molar-refractivity contribution in [3.63, 3.8) is 0 Å². The maximum absolute atomic E-state index is 5.12. The minimum Gasteiger partial charge on any atom is -0.385 e. The SMILES string of the molecule is COCCCCSc1nnnn1CC(OC)OC. The summed E-state index contributed by atoms with van der Waals surface area (Å²) < 4.78 is 16.9. The highest BCUT2D eigenvalue weighted by molar-refractivity contribution is 7.99. The molecule has 1 heterocycles. The van der Waals surface area contributed by atoms with Gasteiger partial charge in [-0.25, -0.2) is 4.68 Å². The van der Waals surface area contributed by atoms with Crippen LogP contribution in [0.2, 0.25) is 0 Å². The highest BCUT2D eigenvalue weighted by Gasteiger charge is 2.12. The van der Waals surface area contributed by atoms with E-state index in [0.29, 0.717) is 6.54 Å². The van der Waals surface area contributed by atoms with Gasteiger partial charge in [-0.3, -0.25) is 0 Å². The molecule has 1 aromatic rings. The standard InChI is InChI=1S/C10H20N4O3S/c1-15-6-4-5-7-18-10-11-12-13-14(10)8-9(16-2)17-3/h9H,4-8H2,1-3H3. The summed E-state index contributed by atoms with van der Waals surface area (Å²) in [5.41, 5.74) is 0. The van der Waals surface area contributed by atoms with Crippen molar-refractivity contribution in [2.45, 2.75) is 30.8 Å². The quantitative estimate of drug-likeness (QED) is 0.356. The number of aromatic nitrogens is 4. The van der Waals surface area contributed by atoms with Crippen molar-refractivity contribution in [2.75, 3.05) is 33.7 Å². The second-order valence-corrected chi connectivity index (χ2v) is 4.65. The summed E-state index contributed by atoms with van der Waals surface area (Å²) >= 11 is 1.63. The number of tetrazole rings is 1. The van der Waals surface area contributed by atoms with Crippen molar-refractivity contribution < 1.29 is 14.2 Å². The largest absolute Gasteiger partial charge is 0.385 e. The van der Waals surface area contributed by atoms with Gasteiger partial charge in [-0.2, -0.15) is 0 Å². The summed E-state index contributed by atoms with van der Waals surface area (Å²) in [6, 6.07) is 0. The molecule has 0 aromatic carbocycles. The molecule has 0 saturated heterocycles. The Labute approximate surface area is 111 Å². The molecule has 1 rings (SSSR count). The van der Waals surface area contributed by atoms with Crippen LogP contribution in [0.4, 0.5) is 0 Å². The van der Waals surface area contributed by atoms with Gasteiger partial charge in [0.1, 0.15) is 0 Å². The van der Waals surface area contributed by atoms with Crippen LogP contribution in [-0.2, 0) is 20.8 Å². The van der Waals surface area contributed by atoms with Crippen LogP contribution >= 0.6 is 11.8 Å². The van der Waals surface area contributed by atoms with Gasteiger partial charge in [0, 0.05) is 33.7 Å². The normalized spacial score (nSPS) is 11.3. The summed E-state index contributed by atoms with van der Waals surface area (Å²) in [6.07, 6.45) is 1.79. The molecule has 0 aliphatic heterocycles. The van der Waals surface area contributed by atoms with Gasteiger partial charge in [-0.05, 0) is 23.3 Å². The number of rotatable bonds is 10. The molecule has 104 valence electrons. The van der Waals surface area contributed by atoms with Gasteiger partial charge in [0.25, 0.3) is 0 Å². The van der Waals surface area contributed by atoms with Crippen molar-refractivity contribution in [1.82, 2.24) is 20.2 Å². The Balaban J connectivity index is 2.35. The molecule has 0 fully saturated rings. The van der Waals surface area contributed by atoms with Gasteiger partial charge in [0.2, 0.25) is 5.16 Å². The zero-order valence-corrected chi connectivity index (χ0v) is 11.9. The first-order chi connectivity index (χ1) is 8.81. The maximum atomic E-state index is 5.12. The lowest BCUT2D eigenvalue weighted by Crippen LogP contribution is -2.21. The molecule has 1 aromatic heterocycles. The Bertz CT molecular complexity index is 320. The molecular formula is C10H20N4O3S. The molecule has 0 N–H and O–H groups in total. The molecule has 0 aliphatic rings. The van der Waals surface area contributed by atoms with Crippen LogP contribution in [0.3, 0.4) is 0 Å². The topological polar surface area (TPSA) is 71.3 Å². The van der Waals surface area contributed by atoms with Crippen LogP contribution in [0.5, 0.6) is 0 Å². The van der Waals surface area contributed by atoms with Gasteiger partial charge >= 0.3 is 0 Å². The van der Waals surface area contributed by atoms with Crippen molar-refractivity contribution in [1.29, 1.82) is 0 Å². The van der Waals surface area contributed by atoms with E-state index in [4.69, 9.17) is 14.2 Å².